The van der Waals surface area contributed by atoms with Gasteiger partial charge in [0.15, 0.2) is 0 Å². The van der Waals surface area contributed by atoms with Gasteiger partial charge < -0.3 is 0 Å². The van der Waals surface area contributed by atoms with E-state index in [9.17, 15) is 13.2 Å². The first-order valence-electron chi connectivity index (χ1n) is 3.07. The SMILES string of the molecule is FC(F)(F)c1cc(Br)cc(Br)c1S. The molecule has 0 aliphatic carbocycles. The lowest BCUT2D eigenvalue weighted by atomic mass is 10.2. The van der Waals surface area contributed by atoms with Gasteiger partial charge in [0.2, 0.25) is 0 Å². The minimum atomic E-state index is -4.37. The minimum absolute atomic E-state index is 0.101. The lowest BCUT2D eigenvalue weighted by Gasteiger charge is -2.11. The van der Waals surface area contributed by atoms with Crippen LogP contribution in [-0.4, -0.2) is 0 Å². The Balaban J connectivity index is 3.37. The molecule has 0 N–H and O–H groups in total. The van der Waals surface area contributed by atoms with Gasteiger partial charge in [-0.15, -0.1) is 12.6 Å². The molecule has 1 aromatic rings. The fraction of sp³-hybridized carbons (Fsp3) is 0.143. The van der Waals surface area contributed by atoms with Gasteiger partial charge in [-0.05, 0) is 28.1 Å². The number of alkyl halides is 3. The highest BCUT2D eigenvalue weighted by atomic mass is 79.9. The number of hydrogen-bond acceptors (Lipinski definition) is 1. The number of rotatable bonds is 0. The lowest BCUT2D eigenvalue weighted by molar-refractivity contribution is -0.139. The molecule has 0 heterocycles. The summed E-state index contributed by atoms with van der Waals surface area (Å²) >= 11 is 9.72. The van der Waals surface area contributed by atoms with Crippen molar-refractivity contribution in [2.45, 2.75) is 11.1 Å². The third-order valence-electron chi connectivity index (χ3n) is 1.33. The maximum atomic E-state index is 12.3. The van der Waals surface area contributed by atoms with Crippen LogP contribution in [0.4, 0.5) is 13.2 Å². The van der Waals surface area contributed by atoms with Crippen molar-refractivity contribution in [3.05, 3.63) is 26.6 Å². The average molecular weight is 336 g/mol. The van der Waals surface area contributed by atoms with Crippen molar-refractivity contribution in [3.8, 4) is 0 Å². The molecule has 0 amide bonds. The molecule has 0 aromatic heterocycles. The van der Waals surface area contributed by atoms with E-state index < -0.39 is 11.7 Å². The van der Waals surface area contributed by atoms with Crippen molar-refractivity contribution in [2.75, 3.05) is 0 Å². The molecular weight excluding hydrogens is 333 g/mol. The topological polar surface area (TPSA) is 0 Å². The summed E-state index contributed by atoms with van der Waals surface area (Å²) in [7, 11) is 0. The van der Waals surface area contributed by atoms with Gasteiger partial charge in [0.25, 0.3) is 0 Å². The molecule has 13 heavy (non-hydrogen) atoms. The average Bonchev–Trinajstić information content (AvgIpc) is 1.94. The number of hydrogen-bond donors (Lipinski definition) is 1. The van der Waals surface area contributed by atoms with Crippen LogP contribution in [0.2, 0.25) is 0 Å². The highest BCUT2D eigenvalue weighted by molar-refractivity contribution is 9.11. The Bertz CT molecular complexity index is 335. The second-order valence-corrected chi connectivity index (χ2v) is 4.50. The summed E-state index contributed by atoms with van der Waals surface area (Å²) in [4.78, 5) is -0.101. The summed E-state index contributed by atoms with van der Waals surface area (Å²) in [6.07, 6.45) is -4.37. The summed E-state index contributed by atoms with van der Waals surface area (Å²) in [6, 6.07) is 2.50. The Morgan fingerprint density at radius 1 is 1.15 bits per heavy atom. The van der Waals surface area contributed by atoms with Crippen LogP contribution in [0.1, 0.15) is 5.56 Å². The Hall–Kier alpha value is 0.320. The van der Waals surface area contributed by atoms with E-state index in [-0.39, 0.29) is 4.90 Å². The molecular formula is C7H3Br2F3S. The quantitative estimate of drug-likeness (QED) is 0.662. The van der Waals surface area contributed by atoms with Gasteiger partial charge in [0.1, 0.15) is 0 Å². The monoisotopic (exact) mass is 334 g/mol. The van der Waals surface area contributed by atoms with E-state index in [2.05, 4.69) is 44.5 Å². The zero-order valence-corrected chi connectivity index (χ0v) is 10.1. The summed E-state index contributed by atoms with van der Waals surface area (Å²) in [5, 5.41) is 0. The second kappa shape index (κ2) is 3.82. The van der Waals surface area contributed by atoms with Gasteiger partial charge in [-0.25, -0.2) is 0 Å². The molecule has 0 fully saturated rings. The highest BCUT2D eigenvalue weighted by Crippen LogP contribution is 2.39. The lowest BCUT2D eigenvalue weighted by Crippen LogP contribution is -2.06. The predicted molar refractivity (Wildman–Crippen MR) is 54.1 cm³/mol. The Morgan fingerprint density at radius 3 is 2.15 bits per heavy atom. The van der Waals surface area contributed by atoms with E-state index in [1.54, 1.807) is 0 Å². The molecule has 0 aliphatic heterocycles. The summed E-state index contributed by atoms with van der Waals surface area (Å²) < 4.78 is 37.6. The van der Waals surface area contributed by atoms with Crippen LogP contribution in [0.3, 0.4) is 0 Å². The van der Waals surface area contributed by atoms with E-state index >= 15 is 0 Å². The Labute approximate surface area is 95.2 Å². The molecule has 0 saturated heterocycles. The summed E-state index contributed by atoms with van der Waals surface area (Å²) in [6.45, 7) is 0. The van der Waals surface area contributed by atoms with E-state index in [4.69, 9.17) is 0 Å². The zero-order chi connectivity index (χ0) is 10.2. The van der Waals surface area contributed by atoms with Crippen molar-refractivity contribution < 1.29 is 13.2 Å². The number of benzene rings is 1. The Kier molecular flexibility index (Phi) is 3.35. The van der Waals surface area contributed by atoms with Gasteiger partial charge >= 0.3 is 6.18 Å². The molecule has 1 aromatic carbocycles. The first-order valence-corrected chi connectivity index (χ1v) is 5.11. The molecule has 1 rings (SSSR count). The largest absolute Gasteiger partial charge is 0.417 e. The standard InChI is InChI=1S/C7H3Br2F3S/c8-3-1-4(7(10,11)12)6(13)5(9)2-3/h1-2,13H. The van der Waals surface area contributed by atoms with Gasteiger partial charge in [-0.2, -0.15) is 13.2 Å². The van der Waals surface area contributed by atoms with Gasteiger partial charge in [-0.1, -0.05) is 15.9 Å². The molecule has 0 radical (unpaired) electrons. The minimum Gasteiger partial charge on any atom is -0.166 e. The van der Waals surface area contributed by atoms with Crippen LogP contribution in [0.25, 0.3) is 0 Å². The van der Waals surface area contributed by atoms with Crippen LogP contribution >= 0.6 is 44.5 Å². The molecule has 6 heteroatoms. The van der Waals surface area contributed by atoms with Crippen molar-refractivity contribution >= 4 is 44.5 Å². The van der Waals surface area contributed by atoms with Crippen molar-refractivity contribution in [3.63, 3.8) is 0 Å². The van der Waals surface area contributed by atoms with E-state index in [1.807, 2.05) is 0 Å². The van der Waals surface area contributed by atoms with Crippen LogP contribution < -0.4 is 0 Å². The third kappa shape index (κ3) is 2.63. The van der Waals surface area contributed by atoms with E-state index in [0.717, 1.165) is 6.07 Å². The van der Waals surface area contributed by atoms with E-state index in [0.29, 0.717) is 8.95 Å². The molecule has 0 saturated carbocycles. The Morgan fingerprint density at radius 2 is 1.69 bits per heavy atom. The molecule has 0 spiro atoms. The van der Waals surface area contributed by atoms with Gasteiger partial charge in [0.05, 0.1) is 5.56 Å². The normalized spacial score (nSPS) is 11.8. The zero-order valence-electron chi connectivity index (χ0n) is 5.99. The fourth-order valence-corrected chi connectivity index (χ4v) is 2.26. The molecule has 0 aliphatic rings. The van der Waals surface area contributed by atoms with Crippen LogP contribution in [-0.2, 0) is 6.18 Å². The second-order valence-electron chi connectivity index (χ2n) is 2.28. The first-order chi connectivity index (χ1) is 5.82. The molecule has 0 bridgehead atoms. The number of halogens is 5. The van der Waals surface area contributed by atoms with Crippen LogP contribution in [0.5, 0.6) is 0 Å². The van der Waals surface area contributed by atoms with Crippen molar-refractivity contribution in [2.24, 2.45) is 0 Å². The molecule has 0 nitrogen and oxygen atoms in total. The first kappa shape index (κ1) is 11.4. The molecule has 72 valence electrons. The van der Waals surface area contributed by atoms with Crippen LogP contribution in [0, 0.1) is 0 Å². The smallest absolute Gasteiger partial charge is 0.166 e. The van der Waals surface area contributed by atoms with Gasteiger partial charge in [-0.3, -0.25) is 0 Å². The summed E-state index contributed by atoms with van der Waals surface area (Å²) in [5.41, 5.74) is -0.753. The van der Waals surface area contributed by atoms with E-state index in [1.165, 1.54) is 6.07 Å². The highest BCUT2D eigenvalue weighted by Gasteiger charge is 2.33. The van der Waals surface area contributed by atoms with Crippen molar-refractivity contribution in [1.82, 2.24) is 0 Å². The van der Waals surface area contributed by atoms with Gasteiger partial charge in [0, 0.05) is 13.8 Å². The third-order valence-corrected chi connectivity index (χ3v) is 3.21. The molecule has 0 atom stereocenters. The van der Waals surface area contributed by atoms with Crippen molar-refractivity contribution in [1.29, 1.82) is 0 Å². The molecule has 0 unspecified atom stereocenters. The number of thiol groups is 1. The fourth-order valence-electron chi connectivity index (χ4n) is 0.782. The maximum absolute atomic E-state index is 12.3. The summed E-state index contributed by atoms with van der Waals surface area (Å²) in [5.74, 6) is 0. The van der Waals surface area contributed by atoms with Crippen LogP contribution in [0.15, 0.2) is 26.0 Å². The predicted octanol–water partition coefficient (Wildman–Crippen LogP) is 4.52. The maximum Gasteiger partial charge on any atom is 0.417 e.